The molecule has 2 aromatic rings. The van der Waals surface area contributed by atoms with Crippen molar-refractivity contribution in [2.24, 2.45) is 0 Å². The van der Waals surface area contributed by atoms with Gasteiger partial charge in [-0.25, -0.2) is 8.42 Å². The Morgan fingerprint density at radius 2 is 1.96 bits per heavy atom. The molecular formula is C13H11BrN2O6S. The van der Waals surface area contributed by atoms with Crippen molar-refractivity contribution in [1.29, 1.82) is 0 Å². The van der Waals surface area contributed by atoms with E-state index in [1.54, 1.807) is 6.07 Å². The molecule has 2 N–H and O–H groups in total. The Morgan fingerprint density at radius 1 is 1.26 bits per heavy atom. The molecule has 0 unspecified atom stereocenters. The summed E-state index contributed by atoms with van der Waals surface area (Å²) < 4.78 is 32.6. The van der Waals surface area contributed by atoms with Crippen molar-refractivity contribution < 1.29 is 23.2 Å². The molecule has 0 bridgehead atoms. The monoisotopic (exact) mass is 402 g/mol. The number of phenolic OH excluding ortho intramolecular Hbond substituents is 1. The summed E-state index contributed by atoms with van der Waals surface area (Å²) in [5.74, 6) is -0.348. The van der Waals surface area contributed by atoms with Crippen LogP contribution in [0.2, 0.25) is 0 Å². The Kier molecular flexibility index (Phi) is 4.76. The highest BCUT2D eigenvalue weighted by Gasteiger charge is 2.22. The van der Waals surface area contributed by atoms with E-state index in [1.165, 1.54) is 19.2 Å². The van der Waals surface area contributed by atoms with E-state index >= 15 is 0 Å². The third-order valence-electron chi connectivity index (χ3n) is 2.85. The highest BCUT2D eigenvalue weighted by Crippen LogP contribution is 2.33. The summed E-state index contributed by atoms with van der Waals surface area (Å²) >= 11 is 3.16. The molecule has 0 saturated heterocycles. The molecule has 10 heteroatoms. The molecule has 0 aliphatic rings. The number of non-ortho nitro benzene ring substituents is 1. The number of nitrogens with one attached hydrogen (secondary N) is 1. The molecule has 2 aromatic carbocycles. The van der Waals surface area contributed by atoms with Crippen molar-refractivity contribution in [3.63, 3.8) is 0 Å². The van der Waals surface area contributed by atoms with Crippen molar-refractivity contribution in [2.45, 2.75) is 4.90 Å². The van der Waals surface area contributed by atoms with Crippen LogP contribution in [0.5, 0.6) is 11.5 Å². The van der Waals surface area contributed by atoms with E-state index in [4.69, 9.17) is 4.74 Å². The molecule has 0 fully saturated rings. The molecule has 122 valence electrons. The summed E-state index contributed by atoms with van der Waals surface area (Å²) in [6.45, 7) is 0. The highest BCUT2D eigenvalue weighted by molar-refractivity contribution is 9.10. The molecule has 23 heavy (non-hydrogen) atoms. The number of phenols is 1. The smallest absolute Gasteiger partial charge is 0.271 e. The van der Waals surface area contributed by atoms with E-state index < -0.39 is 20.7 Å². The Bertz CT molecular complexity index is 869. The number of aromatic hydroxyl groups is 1. The molecule has 0 heterocycles. The lowest BCUT2D eigenvalue weighted by atomic mass is 10.2. The van der Waals surface area contributed by atoms with E-state index in [0.717, 1.165) is 18.2 Å². The number of hydrogen-bond acceptors (Lipinski definition) is 6. The summed E-state index contributed by atoms with van der Waals surface area (Å²) in [5.41, 5.74) is -0.664. The molecule has 0 radical (unpaired) electrons. The normalized spacial score (nSPS) is 11.0. The van der Waals surface area contributed by atoms with Crippen LogP contribution >= 0.6 is 15.9 Å². The molecule has 0 atom stereocenters. The third kappa shape index (κ3) is 3.71. The first-order valence-electron chi connectivity index (χ1n) is 6.08. The van der Waals surface area contributed by atoms with Gasteiger partial charge in [-0.2, -0.15) is 0 Å². The predicted molar refractivity (Wildman–Crippen MR) is 86.3 cm³/mol. The molecule has 0 saturated carbocycles. The van der Waals surface area contributed by atoms with Crippen LogP contribution in [0, 0.1) is 10.1 Å². The first-order chi connectivity index (χ1) is 10.7. The van der Waals surface area contributed by atoms with Crippen molar-refractivity contribution in [2.75, 3.05) is 11.8 Å². The summed E-state index contributed by atoms with van der Waals surface area (Å²) in [4.78, 5) is 9.89. The van der Waals surface area contributed by atoms with Crippen LogP contribution in [0.15, 0.2) is 45.8 Å². The first kappa shape index (κ1) is 17.0. The Labute approximate surface area is 140 Å². The van der Waals surface area contributed by atoms with Crippen molar-refractivity contribution in [1.82, 2.24) is 0 Å². The number of nitro groups is 1. The zero-order valence-corrected chi connectivity index (χ0v) is 14.1. The van der Waals surface area contributed by atoms with Gasteiger partial charge in [-0.1, -0.05) is 15.9 Å². The Hall–Kier alpha value is -2.33. The fraction of sp³-hybridized carbons (Fsp3) is 0.0769. The molecule has 0 spiro atoms. The molecular weight excluding hydrogens is 392 g/mol. The van der Waals surface area contributed by atoms with E-state index in [-0.39, 0.29) is 22.0 Å². The van der Waals surface area contributed by atoms with Gasteiger partial charge in [0.05, 0.1) is 17.7 Å². The van der Waals surface area contributed by atoms with Crippen LogP contribution in [0.4, 0.5) is 11.4 Å². The predicted octanol–water partition coefficient (Wildman–Crippen LogP) is 2.87. The lowest BCUT2D eigenvalue weighted by Crippen LogP contribution is -2.14. The zero-order valence-electron chi connectivity index (χ0n) is 11.7. The second kappa shape index (κ2) is 6.42. The molecule has 0 aliphatic carbocycles. The number of nitrogens with zero attached hydrogens (tertiary/aromatic N) is 1. The van der Waals surface area contributed by atoms with Crippen LogP contribution in [0.1, 0.15) is 0 Å². The molecule has 0 amide bonds. The number of halogens is 1. The van der Waals surface area contributed by atoms with Gasteiger partial charge in [0.15, 0.2) is 0 Å². The van der Waals surface area contributed by atoms with E-state index in [0.29, 0.717) is 4.47 Å². The summed E-state index contributed by atoms with van der Waals surface area (Å²) in [5, 5.41) is 20.5. The summed E-state index contributed by atoms with van der Waals surface area (Å²) in [6, 6.07) is 7.39. The number of sulfonamides is 1. The maximum Gasteiger partial charge on any atom is 0.271 e. The quantitative estimate of drug-likeness (QED) is 0.450. The topological polar surface area (TPSA) is 119 Å². The molecule has 0 aromatic heterocycles. The minimum absolute atomic E-state index is 0.0885. The number of methoxy groups -OCH3 is 1. The summed E-state index contributed by atoms with van der Waals surface area (Å²) in [6.07, 6.45) is 0. The number of nitro benzene ring substituents is 1. The van der Waals surface area contributed by atoms with E-state index in [9.17, 15) is 23.6 Å². The van der Waals surface area contributed by atoms with Crippen molar-refractivity contribution in [3.8, 4) is 11.5 Å². The van der Waals surface area contributed by atoms with Crippen LogP contribution in [0.25, 0.3) is 0 Å². The molecule has 2 rings (SSSR count). The zero-order chi connectivity index (χ0) is 17.2. The number of ether oxygens (including phenoxy) is 1. The van der Waals surface area contributed by atoms with Crippen LogP contribution in [-0.2, 0) is 10.0 Å². The minimum atomic E-state index is -4.13. The minimum Gasteiger partial charge on any atom is -0.506 e. The average Bonchev–Trinajstić information content (AvgIpc) is 2.49. The lowest BCUT2D eigenvalue weighted by molar-refractivity contribution is -0.384. The maximum atomic E-state index is 12.5. The standard InChI is InChI=1S/C13H11BrN2O6S/c1-22-12-5-2-8(14)6-13(12)23(20,21)15-10-7-9(16(18)19)3-4-11(10)17/h2-7,15,17H,1H3. The van der Waals surface area contributed by atoms with Gasteiger partial charge in [-0.3, -0.25) is 14.8 Å². The van der Waals surface area contributed by atoms with Crippen LogP contribution < -0.4 is 9.46 Å². The average molecular weight is 403 g/mol. The largest absolute Gasteiger partial charge is 0.506 e. The van der Waals surface area contributed by atoms with Crippen molar-refractivity contribution >= 4 is 37.3 Å². The van der Waals surface area contributed by atoms with Gasteiger partial charge < -0.3 is 9.84 Å². The summed E-state index contributed by atoms with van der Waals surface area (Å²) in [7, 11) is -2.82. The van der Waals surface area contributed by atoms with Gasteiger partial charge in [0.1, 0.15) is 16.4 Å². The van der Waals surface area contributed by atoms with Gasteiger partial charge in [0, 0.05) is 16.6 Å². The second-order valence-electron chi connectivity index (χ2n) is 4.36. The third-order valence-corrected chi connectivity index (χ3v) is 4.73. The van der Waals surface area contributed by atoms with Gasteiger partial charge in [0.25, 0.3) is 15.7 Å². The second-order valence-corrected chi connectivity index (χ2v) is 6.93. The van der Waals surface area contributed by atoms with Crippen LogP contribution in [-0.4, -0.2) is 25.6 Å². The number of hydrogen-bond donors (Lipinski definition) is 2. The van der Waals surface area contributed by atoms with Crippen molar-refractivity contribution in [3.05, 3.63) is 51.0 Å². The number of anilines is 1. The first-order valence-corrected chi connectivity index (χ1v) is 8.36. The SMILES string of the molecule is COc1ccc(Br)cc1S(=O)(=O)Nc1cc([N+](=O)[O-])ccc1O. The Balaban J connectivity index is 2.49. The number of benzene rings is 2. The van der Waals surface area contributed by atoms with E-state index in [1.807, 2.05) is 0 Å². The molecule has 0 aliphatic heterocycles. The van der Waals surface area contributed by atoms with Gasteiger partial charge >= 0.3 is 0 Å². The molecule has 8 nitrogen and oxygen atoms in total. The fourth-order valence-electron chi connectivity index (χ4n) is 1.78. The Morgan fingerprint density at radius 3 is 2.57 bits per heavy atom. The highest BCUT2D eigenvalue weighted by atomic mass is 79.9. The maximum absolute atomic E-state index is 12.5. The van der Waals surface area contributed by atoms with Crippen LogP contribution in [0.3, 0.4) is 0 Å². The van der Waals surface area contributed by atoms with E-state index in [2.05, 4.69) is 20.7 Å². The number of rotatable bonds is 5. The fourth-order valence-corrected chi connectivity index (χ4v) is 3.55. The van der Waals surface area contributed by atoms with Gasteiger partial charge in [-0.05, 0) is 24.3 Å². The van der Waals surface area contributed by atoms with Gasteiger partial charge in [0.2, 0.25) is 0 Å². The lowest BCUT2D eigenvalue weighted by Gasteiger charge is -2.12. The van der Waals surface area contributed by atoms with Gasteiger partial charge in [-0.15, -0.1) is 0 Å².